The Bertz CT molecular complexity index is 689. The number of hydrogen-bond acceptors (Lipinski definition) is 4. The molecule has 2 N–H and O–H groups in total. The molecule has 134 valence electrons. The van der Waals surface area contributed by atoms with Crippen molar-refractivity contribution in [1.82, 2.24) is 14.9 Å². The minimum Gasteiger partial charge on any atom is -0.355 e. The van der Waals surface area contributed by atoms with Crippen LogP contribution in [0.5, 0.6) is 0 Å². The zero-order valence-electron chi connectivity index (χ0n) is 14.5. The van der Waals surface area contributed by atoms with Crippen LogP contribution >= 0.6 is 11.8 Å². The van der Waals surface area contributed by atoms with Gasteiger partial charge in [-0.2, -0.15) is 0 Å². The van der Waals surface area contributed by atoms with E-state index in [0.29, 0.717) is 32.1 Å². The van der Waals surface area contributed by atoms with Crippen LogP contribution in [0.4, 0.5) is 0 Å². The molecule has 0 bridgehead atoms. The summed E-state index contributed by atoms with van der Waals surface area (Å²) in [5.41, 5.74) is 2.47. The Balaban J connectivity index is 1.83. The summed E-state index contributed by atoms with van der Waals surface area (Å²) >= 11 is 1.73. The van der Waals surface area contributed by atoms with Crippen LogP contribution < -0.4 is 10.6 Å². The molecule has 1 aromatic carbocycles. The third-order valence-electron chi connectivity index (χ3n) is 3.97. The lowest BCUT2D eigenvalue weighted by molar-refractivity contribution is 0.445. The molecular formula is C16H26N4O2S2. The predicted octanol–water partition coefficient (Wildman–Crippen LogP) is 1.42. The largest absolute Gasteiger partial charge is 0.355 e. The average molecular weight is 371 g/mol. The van der Waals surface area contributed by atoms with Crippen LogP contribution in [0.2, 0.25) is 0 Å². The minimum atomic E-state index is -3.03. The Morgan fingerprint density at radius 3 is 2.79 bits per heavy atom. The average Bonchev–Trinajstić information content (AvgIpc) is 2.90. The predicted molar refractivity (Wildman–Crippen MR) is 101 cm³/mol. The van der Waals surface area contributed by atoms with E-state index in [1.807, 2.05) is 0 Å². The normalized spacial score (nSPS) is 17.9. The van der Waals surface area contributed by atoms with Crippen molar-refractivity contribution in [2.75, 3.05) is 38.7 Å². The fourth-order valence-corrected chi connectivity index (χ4v) is 4.87. The molecule has 0 saturated carbocycles. The van der Waals surface area contributed by atoms with Crippen LogP contribution in [0.3, 0.4) is 0 Å². The maximum atomic E-state index is 11.8. The van der Waals surface area contributed by atoms with E-state index >= 15 is 0 Å². The van der Waals surface area contributed by atoms with Crippen molar-refractivity contribution in [3.05, 3.63) is 29.3 Å². The highest BCUT2D eigenvalue weighted by Gasteiger charge is 2.27. The number of hydrogen-bond donors (Lipinski definition) is 2. The first-order valence-electron chi connectivity index (χ1n) is 8.02. The van der Waals surface area contributed by atoms with Gasteiger partial charge in [0.2, 0.25) is 10.0 Å². The van der Waals surface area contributed by atoms with Crippen molar-refractivity contribution < 1.29 is 8.42 Å². The summed E-state index contributed by atoms with van der Waals surface area (Å²) in [6.07, 6.45) is 2.79. The number of nitrogens with one attached hydrogen (secondary N) is 2. The molecule has 2 rings (SSSR count). The monoisotopic (exact) mass is 370 g/mol. The van der Waals surface area contributed by atoms with Crippen LogP contribution in [-0.2, 0) is 16.6 Å². The van der Waals surface area contributed by atoms with Gasteiger partial charge in [0.25, 0.3) is 0 Å². The highest BCUT2D eigenvalue weighted by Crippen LogP contribution is 2.21. The highest BCUT2D eigenvalue weighted by molar-refractivity contribution is 7.98. The molecule has 6 nitrogen and oxygen atoms in total. The molecule has 1 fully saturated rings. The minimum absolute atomic E-state index is 0.269. The lowest BCUT2D eigenvalue weighted by Gasteiger charge is -2.17. The third kappa shape index (κ3) is 5.12. The van der Waals surface area contributed by atoms with E-state index in [4.69, 9.17) is 0 Å². The molecule has 0 aromatic heterocycles. The van der Waals surface area contributed by atoms with Crippen molar-refractivity contribution in [2.45, 2.75) is 24.8 Å². The quantitative estimate of drug-likeness (QED) is 0.450. The van der Waals surface area contributed by atoms with Gasteiger partial charge in [-0.1, -0.05) is 12.1 Å². The van der Waals surface area contributed by atoms with Crippen LogP contribution in [0, 0.1) is 6.92 Å². The Kier molecular flexibility index (Phi) is 6.94. The maximum Gasteiger partial charge on any atom is 0.214 e. The molecule has 1 saturated heterocycles. The fraction of sp³-hybridized carbons (Fsp3) is 0.562. The first-order chi connectivity index (χ1) is 11.5. The van der Waals surface area contributed by atoms with E-state index in [-0.39, 0.29) is 5.75 Å². The summed E-state index contributed by atoms with van der Waals surface area (Å²) in [4.78, 5) is 5.45. The van der Waals surface area contributed by atoms with E-state index in [1.165, 1.54) is 16.0 Å². The second-order valence-corrected chi connectivity index (χ2v) is 8.67. The van der Waals surface area contributed by atoms with Gasteiger partial charge in [-0.15, -0.1) is 11.8 Å². The molecule has 0 aliphatic carbocycles. The third-order valence-corrected chi connectivity index (χ3v) is 6.75. The summed E-state index contributed by atoms with van der Waals surface area (Å²) < 4.78 is 25.1. The van der Waals surface area contributed by atoms with Gasteiger partial charge in [-0.3, -0.25) is 4.99 Å². The van der Waals surface area contributed by atoms with E-state index in [1.54, 1.807) is 23.1 Å². The summed E-state index contributed by atoms with van der Waals surface area (Å²) in [6, 6.07) is 6.40. The molecule has 0 amide bonds. The van der Waals surface area contributed by atoms with E-state index in [2.05, 4.69) is 47.0 Å². The van der Waals surface area contributed by atoms with Crippen molar-refractivity contribution in [2.24, 2.45) is 4.99 Å². The summed E-state index contributed by atoms with van der Waals surface area (Å²) in [7, 11) is -1.31. The number of benzene rings is 1. The van der Waals surface area contributed by atoms with Crippen molar-refractivity contribution in [3.63, 3.8) is 0 Å². The zero-order chi connectivity index (χ0) is 17.6. The van der Waals surface area contributed by atoms with Crippen LogP contribution in [0.15, 0.2) is 28.1 Å². The molecule has 1 heterocycles. The number of thioether (sulfide) groups is 1. The molecule has 8 heteroatoms. The van der Waals surface area contributed by atoms with E-state index < -0.39 is 10.0 Å². The van der Waals surface area contributed by atoms with E-state index in [0.717, 1.165) is 6.42 Å². The van der Waals surface area contributed by atoms with Gasteiger partial charge in [0, 0.05) is 38.1 Å². The number of guanidine groups is 1. The SMILES string of the molecule is CN=C(NCCN1CCCS1(=O)=O)NCc1ccc(C)cc1SC. The number of sulfonamides is 1. The summed E-state index contributed by atoms with van der Waals surface area (Å²) in [5.74, 6) is 0.949. The lowest BCUT2D eigenvalue weighted by atomic mass is 10.1. The summed E-state index contributed by atoms with van der Waals surface area (Å²) in [5, 5.41) is 6.46. The second-order valence-electron chi connectivity index (χ2n) is 5.74. The van der Waals surface area contributed by atoms with Crippen molar-refractivity contribution in [3.8, 4) is 0 Å². The first-order valence-corrected chi connectivity index (χ1v) is 10.9. The number of rotatable bonds is 6. The smallest absolute Gasteiger partial charge is 0.214 e. The lowest BCUT2D eigenvalue weighted by Crippen LogP contribution is -2.41. The van der Waals surface area contributed by atoms with Gasteiger partial charge in [0.15, 0.2) is 5.96 Å². The van der Waals surface area contributed by atoms with Crippen molar-refractivity contribution in [1.29, 1.82) is 0 Å². The molecule has 1 aromatic rings. The van der Waals surface area contributed by atoms with Gasteiger partial charge in [0.1, 0.15) is 0 Å². The Morgan fingerprint density at radius 2 is 2.17 bits per heavy atom. The van der Waals surface area contributed by atoms with Gasteiger partial charge >= 0.3 is 0 Å². The molecule has 0 radical (unpaired) electrons. The second kappa shape index (κ2) is 8.73. The van der Waals surface area contributed by atoms with Crippen LogP contribution in [0.1, 0.15) is 17.5 Å². The van der Waals surface area contributed by atoms with Gasteiger partial charge in [0.05, 0.1) is 5.75 Å². The maximum absolute atomic E-state index is 11.8. The number of aryl methyl sites for hydroxylation is 1. The van der Waals surface area contributed by atoms with Gasteiger partial charge < -0.3 is 10.6 Å². The molecule has 0 unspecified atom stereocenters. The Morgan fingerprint density at radius 1 is 1.38 bits per heavy atom. The van der Waals surface area contributed by atoms with Crippen LogP contribution in [-0.4, -0.2) is 57.4 Å². The molecule has 24 heavy (non-hydrogen) atoms. The molecule has 1 aliphatic rings. The standard InChI is InChI=1S/C16H26N4O2S2/c1-13-5-6-14(15(11-13)23-3)12-19-16(17-2)18-7-9-20-8-4-10-24(20,21)22/h5-6,11H,4,7-10,12H2,1-3H3,(H2,17,18,19). The Hall–Kier alpha value is -1.25. The molecule has 0 atom stereocenters. The molecular weight excluding hydrogens is 344 g/mol. The topological polar surface area (TPSA) is 73.8 Å². The van der Waals surface area contributed by atoms with Crippen LogP contribution in [0.25, 0.3) is 0 Å². The van der Waals surface area contributed by atoms with E-state index in [9.17, 15) is 8.42 Å². The highest BCUT2D eigenvalue weighted by atomic mass is 32.2. The zero-order valence-corrected chi connectivity index (χ0v) is 16.1. The Labute approximate surface area is 149 Å². The number of nitrogens with zero attached hydrogens (tertiary/aromatic N) is 2. The first kappa shape index (κ1) is 19.1. The molecule has 0 spiro atoms. The fourth-order valence-electron chi connectivity index (χ4n) is 2.64. The summed E-state index contributed by atoms with van der Waals surface area (Å²) in [6.45, 7) is 4.41. The molecule has 1 aliphatic heterocycles. The van der Waals surface area contributed by atoms with Crippen molar-refractivity contribution >= 4 is 27.7 Å². The number of aliphatic imine (C=N–C) groups is 1. The van der Waals surface area contributed by atoms with Gasteiger partial charge in [-0.05, 0) is 36.8 Å². The van der Waals surface area contributed by atoms with Gasteiger partial charge in [-0.25, -0.2) is 12.7 Å².